The number of allylic oxidation sites excluding steroid dienone is 1. The molecule has 0 radical (unpaired) electrons. The summed E-state index contributed by atoms with van der Waals surface area (Å²) in [5.74, 6) is -2.81. The minimum Gasteiger partial charge on any atom is -0.466 e. The molecule has 10 heteroatoms. The number of carbonyl (C=O) groups excluding carboxylic acids is 2. The molecule has 0 amide bonds. The van der Waals surface area contributed by atoms with Gasteiger partial charge >= 0.3 is 11.9 Å². The zero-order valence-corrected chi connectivity index (χ0v) is 20.3. The second kappa shape index (κ2) is 9.94. The summed E-state index contributed by atoms with van der Waals surface area (Å²) in [7, 11) is 2.33. The predicted octanol–water partition coefficient (Wildman–Crippen LogP) is 3.71. The third kappa shape index (κ3) is 4.25. The summed E-state index contributed by atoms with van der Waals surface area (Å²) < 4.78 is 10.4. The van der Waals surface area contributed by atoms with Crippen LogP contribution < -0.4 is 10.6 Å². The van der Waals surface area contributed by atoms with Gasteiger partial charge in [0.05, 0.1) is 59.7 Å². The highest BCUT2D eigenvalue weighted by Crippen LogP contribution is 2.46. The highest BCUT2D eigenvalue weighted by molar-refractivity contribution is 14.1. The Kier molecular flexibility index (Phi) is 7.26. The van der Waals surface area contributed by atoms with Gasteiger partial charge in [0.15, 0.2) is 0 Å². The highest BCUT2D eigenvalue weighted by atomic mass is 127. The van der Waals surface area contributed by atoms with Gasteiger partial charge < -0.3 is 15.2 Å². The zero-order chi connectivity index (χ0) is 24.3. The molecule has 33 heavy (non-hydrogen) atoms. The molecule has 0 aliphatic carbocycles. The monoisotopic (exact) mass is 574 g/mol. The minimum absolute atomic E-state index is 0.0190. The summed E-state index contributed by atoms with van der Waals surface area (Å²) >= 11 is 8.41. The van der Waals surface area contributed by atoms with Gasteiger partial charge in [-0.3, -0.25) is 4.90 Å². The number of rotatable bonds is 4. The zero-order valence-electron chi connectivity index (χ0n) is 17.4. The quantitative estimate of drug-likeness (QED) is 0.432. The van der Waals surface area contributed by atoms with Crippen LogP contribution in [0, 0.1) is 26.2 Å². The molecule has 0 aromatic heterocycles. The van der Waals surface area contributed by atoms with Crippen LogP contribution >= 0.6 is 34.2 Å². The maximum Gasteiger partial charge on any atom is 0.355 e. The molecule has 1 heterocycles. The van der Waals surface area contributed by atoms with Crippen molar-refractivity contribution >= 4 is 51.8 Å². The van der Waals surface area contributed by atoms with Crippen molar-refractivity contribution in [2.75, 3.05) is 19.1 Å². The van der Waals surface area contributed by atoms with Crippen LogP contribution in [0.2, 0.25) is 5.02 Å². The van der Waals surface area contributed by atoms with Gasteiger partial charge in [0.25, 0.3) is 0 Å². The van der Waals surface area contributed by atoms with E-state index in [2.05, 4.69) is 6.07 Å². The molecule has 1 aliphatic rings. The van der Waals surface area contributed by atoms with Gasteiger partial charge in [-0.1, -0.05) is 41.9 Å². The maximum absolute atomic E-state index is 13.1. The standard InChI is InChI=1S/C23H16ClIN4O4/c1-32-22(30)18-17(13-6-4-3-5-7-13)14(11-27)21(28)29(20(18)23(31)33-2)19-15(24)8-12(10-26)9-16(19)25/h3-9,17H,28H2,1-2H3. The molecular weight excluding hydrogens is 559 g/mol. The van der Waals surface area contributed by atoms with Gasteiger partial charge in [0, 0.05) is 3.57 Å². The van der Waals surface area contributed by atoms with Gasteiger partial charge in [-0.2, -0.15) is 10.5 Å². The minimum atomic E-state index is -0.983. The van der Waals surface area contributed by atoms with Crippen LogP contribution in [0.25, 0.3) is 0 Å². The predicted molar refractivity (Wildman–Crippen MR) is 128 cm³/mol. The lowest BCUT2D eigenvalue weighted by molar-refractivity contribution is -0.139. The average molecular weight is 575 g/mol. The molecule has 0 spiro atoms. The normalized spacial score (nSPS) is 15.6. The van der Waals surface area contributed by atoms with Crippen LogP contribution in [0.5, 0.6) is 0 Å². The van der Waals surface area contributed by atoms with Crippen molar-refractivity contribution in [1.29, 1.82) is 10.5 Å². The fourth-order valence-electron chi connectivity index (χ4n) is 3.59. The topological polar surface area (TPSA) is 129 Å². The summed E-state index contributed by atoms with van der Waals surface area (Å²) in [6, 6.07) is 15.7. The number of nitrogens with zero attached hydrogens (tertiary/aromatic N) is 3. The number of carbonyl (C=O) groups is 2. The average Bonchev–Trinajstić information content (AvgIpc) is 2.83. The summed E-state index contributed by atoms with van der Waals surface area (Å²) in [6.45, 7) is 0. The molecule has 0 saturated carbocycles. The van der Waals surface area contributed by atoms with E-state index in [9.17, 15) is 20.1 Å². The largest absolute Gasteiger partial charge is 0.466 e. The van der Waals surface area contributed by atoms with Gasteiger partial charge in [0.2, 0.25) is 0 Å². The van der Waals surface area contributed by atoms with Gasteiger partial charge in [0.1, 0.15) is 11.5 Å². The Hall–Kier alpha value is -3.54. The van der Waals surface area contributed by atoms with Crippen LogP contribution in [-0.2, 0) is 19.1 Å². The first kappa shape index (κ1) is 24.1. The lowest BCUT2D eigenvalue weighted by atomic mass is 9.81. The van der Waals surface area contributed by atoms with Crippen molar-refractivity contribution in [2.45, 2.75) is 5.92 Å². The maximum atomic E-state index is 13.1. The number of hydrogen-bond donors (Lipinski definition) is 1. The molecule has 2 aromatic carbocycles. The number of nitrogens with two attached hydrogens (primary N) is 1. The molecule has 2 N–H and O–H groups in total. The van der Waals surface area contributed by atoms with Crippen molar-refractivity contribution in [2.24, 2.45) is 5.73 Å². The van der Waals surface area contributed by atoms with E-state index in [-0.39, 0.29) is 38.9 Å². The second-order valence-corrected chi connectivity index (χ2v) is 8.30. The molecular formula is C23H16ClIN4O4. The van der Waals surface area contributed by atoms with Gasteiger partial charge in [-0.15, -0.1) is 0 Å². The highest BCUT2D eigenvalue weighted by Gasteiger charge is 2.43. The SMILES string of the molecule is COC(=O)C1=C(C(=O)OC)N(c2c(Cl)cc(C#N)cc2I)C(N)=C(C#N)C1c1ccccc1. The Morgan fingerprint density at radius 3 is 2.24 bits per heavy atom. The Bertz CT molecular complexity index is 1270. The van der Waals surface area contributed by atoms with E-state index in [1.54, 1.807) is 30.3 Å². The lowest BCUT2D eigenvalue weighted by Crippen LogP contribution is -2.41. The first-order valence-corrected chi connectivity index (χ1v) is 10.8. The molecule has 2 aromatic rings. The summed E-state index contributed by atoms with van der Waals surface area (Å²) in [4.78, 5) is 27.3. The van der Waals surface area contributed by atoms with E-state index >= 15 is 0 Å². The number of benzene rings is 2. The van der Waals surface area contributed by atoms with Crippen LogP contribution in [0.15, 0.2) is 65.1 Å². The Morgan fingerprint density at radius 2 is 1.73 bits per heavy atom. The lowest BCUT2D eigenvalue weighted by Gasteiger charge is -2.36. The van der Waals surface area contributed by atoms with E-state index < -0.39 is 17.9 Å². The van der Waals surface area contributed by atoms with Crippen molar-refractivity contribution < 1.29 is 19.1 Å². The molecule has 0 saturated heterocycles. The Balaban J connectivity index is 2.48. The third-order valence-corrected chi connectivity index (χ3v) is 6.09. The van der Waals surface area contributed by atoms with E-state index in [1.165, 1.54) is 24.1 Å². The first-order chi connectivity index (χ1) is 15.8. The first-order valence-electron chi connectivity index (χ1n) is 9.35. The Morgan fingerprint density at radius 1 is 1.09 bits per heavy atom. The number of nitriles is 2. The summed E-state index contributed by atoms with van der Waals surface area (Å²) in [5, 5.41) is 19.4. The van der Waals surface area contributed by atoms with Crippen molar-refractivity contribution in [3.8, 4) is 12.1 Å². The molecule has 8 nitrogen and oxygen atoms in total. The van der Waals surface area contributed by atoms with E-state index in [4.69, 9.17) is 26.8 Å². The van der Waals surface area contributed by atoms with Crippen LogP contribution in [0.4, 0.5) is 5.69 Å². The van der Waals surface area contributed by atoms with E-state index in [0.717, 1.165) is 7.11 Å². The number of anilines is 1. The molecule has 1 unspecified atom stereocenters. The fourth-order valence-corrected chi connectivity index (χ4v) is 4.92. The van der Waals surface area contributed by atoms with Crippen LogP contribution in [0.3, 0.4) is 0 Å². The number of hydrogen-bond acceptors (Lipinski definition) is 8. The summed E-state index contributed by atoms with van der Waals surface area (Å²) in [6.07, 6.45) is 0. The van der Waals surface area contributed by atoms with Gasteiger partial charge in [-0.05, 0) is 40.3 Å². The number of methoxy groups -OCH3 is 2. The van der Waals surface area contributed by atoms with Gasteiger partial charge in [-0.25, -0.2) is 9.59 Å². The molecule has 1 aliphatic heterocycles. The molecule has 166 valence electrons. The second-order valence-electron chi connectivity index (χ2n) is 6.74. The smallest absolute Gasteiger partial charge is 0.355 e. The van der Waals surface area contributed by atoms with E-state index in [1.807, 2.05) is 28.7 Å². The summed E-state index contributed by atoms with van der Waals surface area (Å²) in [5.41, 5.74) is 7.16. The molecule has 0 bridgehead atoms. The van der Waals surface area contributed by atoms with Crippen LogP contribution in [-0.4, -0.2) is 26.2 Å². The van der Waals surface area contributed by atoms with E-state index in [0.29, 0.717) is 9.13 Å². The molecule has 1 atom stereocenters. The van der Waals surface area contributed by atoms with Crippen LogP contribution in [0.1, 0.15) is 17.0 Å². The van der Waals surface area contributed by atoms with Crippen molar-refractivity contribution in [3.05, 3.63) is 84.8 Å². The fraction of sp³-hybridized carbons (Fsp3) is 0.130. The number of esters is 2. The number of halogens is 2. The Labute approximate surface area is 208 Å². The molecule has 3 rings (SSSR count). The van der Waals surface area contributed by atoms with Crippen molar-refractivity contribution in [1.82, 2.24) is 0 Å². The third-order valence-electron chi connectivity index (χ3n) is 4.98. The number of ether oxygens (including phenoxy) is 2. The van der Waals surface area contributed by atoms with Crippen molar-refractivity contribution in [3.63, 3.8) is 0 Å². The molecule has 0 fully saturated rings.